The van der Waals surface area contributed by atoms with Gasteiger partial charge in [0, 0.05) is 0 Å². The SMILES string of the molecule is CC(C)C(NC(=O)C(N)CC(=O)O)C(=O)NC(CC(=O)O)C(=O)NC(CO)C(=O)O. The number of carboxylic acids is 3. The van der Waals surface area contributed by atoms with E-state index in [9.17, 15) is 28.8 Å². The van der Waals surface area contributed by atoms with Crippen LogP contribution in [0.5, 0.6) is 0 Å². The van der Waals surface area contributed by atoms with E-state index in [0.717, 1.165) is 0 Å². The fraction of sp³-hybridized carbons (Fsp3) is 0.625. The number of aliphatic carboxylic acids is 3. The standard InChI is InChI=1S/C16H26N4O10/c1-6(2)12(20-13(26)7(17)3-10(22)23)15(28)18-8(4-11(24)25)14(27)19-9(5-21)16(29)30/h6-9,12,21H,3-5,17H2,1-2H3,(H,18,28)(H,19,27)(H,20,26)(H,22,23)(H,24,25)(H,29,30). The summed E-state index contributed by atoms with van der Waals surface area (Å²) in [5.41, 5.74) is 5.43. The molecule has 0 aromatic heterocycles. The number of aliphatic hydroxyl groups excluding tert-OH is 1. The summed E-state index contributed by atoms with van der Waals surface area (Å²) in [6.07, 6.45) is -1.60. The lowest BCUT2D eigenvalue weighted by Gasteiger charge is -2.26. The summed E-state index contributed by atoms with van der Waals surface area (Å²) in [7, 11) is 0. The average Bonchev–Trinajstić information content (AvgIpc) is 2.61. The molecule has 170 valence electrons. The number of amides is 3. The molecule has 4 atom stereocenters. The van der Waals surface area contributed by atoms with Gasteiger partial charge in [0.05, 0.1) is 25.5 Å². The predicted octanol–water partition coefficient (Wildman–Crippen LogP) is -3.55. The van der Waals surface area contributed by atoms with Crippen molar-refractivity contribution in [3.05, 3.63) is 0 Å². The van der Waals surface area contributed by atoms with Gasteiger partial charge in [0.25, 0.3) is 0 Å². The number of aliphatic hydroxyl groups is 1. The van der Waals surface area contributed by atoms with Crippen LogP contribution in [0.25, 0.3) is 0 Å². The van der Waals surface area contributed by atoms with Crippen molar-refractivity contribution >= 4 is 35.6 Å². The summed E-state index contributed by atoms with van der Waals surface area (Å²) < 4.78 is 0. The number of carboxylic acid groups (broad SMARTS) is 3. The van der Waals surface area contributed by atoms with Gasteiger partial charge in [0.2, 0.25) is 17.7 Å². The third kappa shape index (κ3) is 9.29. The number of hydrogen-bond acceptors (Lipinski definition) is 8. The Hall–Kier alpha value is -3.26. The number of rotatable bonds is 13. The van der Waals surface area contributed by atoms with Crippen LogP contribution >= 0.6 is 0 Å². The number of hydrogen-bond donors (Lipinski definition) is 8. The Labute approximate surface area is 170 Å². The van der Waals surface area contributed by atoms with Crippen molar-refractivity contribution in [2.24, 2.45) is 11.7 Å². The molecule has 3 amide bonds. The Kier molecular flexibility index (Phi) is 11.0. The number of carbonyl (C=O) groups excluding carboxylic acids is 3. The molecule has 14 heteroatoms. The summed E-state index contributed by atoms with van der Waals surface area (Å²) in [6.45, 7) is 2.07. The molecule has 30 heavy (non-hydrogen) atoms. The minimum Gasteiger partial charge on any atom is -0.481 e. The smallest absolute Gasteiger partial charge is 0.328 e. The van der Waals surface area contributed by atoms with E-state index < -0.39 is 85.2 Å². The van der Waals surface area contributed by atoms with Crippen LogP contribution < -0.4 is 21.7 Å². The van der Waals surface area contributed by atoms with Crippen LogP contribution in [0.1, 0.15) is 26.7 Å². The van der Waals surface area contributed by atoms with Crippen molar-refractivity contribution in [2.75, 3.05) is 6.61 Å². The fourth-order valence-electron chi connectivity index (χ4n) is 2.18. The van der Waals surface area contributed by atoms with E-state index in [-0.39, 0.29) is 0 Å². The molecule has 0 radical (unpaired) electrons. The third-order valence-corrected chi connectivity index (χ3v) is 3.79. The van der Waals surface area contributed by atoms with Gasteiger partial charge in [0.1, 0.15) is 18.1 Å². The van der Waals surface area contributed by atoms with Crippen LogP contribution in [0.2, 0.25) is 0 Å². The van der Waals surface area contributed by atoms with E-state index in [0.29, 0.717) is 0 Å². The fourth-order valence-corrected chi connectivity index (χ4v) is 2.18. The van der Waals surface area contributed by atoms with Gasteiger partial charge in [-0.2, -0.15) is 0 Å². The highest BCUT2D eigenvalue weighted by molar-refractivity contribution is 5.96. The Bertz CT molecular complexity index is 681. The van der Waals surface area contributed by atoms with Crippen molar-refractivity contribution in [3.8, 4) is 0 Å². The molecule has 0 aromatic carbocycles. The summed E-state index contributed by atoms with van der Waals surface area (Å²) in [5.74, 6) is -8.06. The highest BCUT2D eigenvalue weighted by atomic mass is 16.4. The molecular formula is C16H26N4O10. The third-order valence-electron chi connectivity index (χ3n) is 3.79. The van der Waals surface area contributed by atoms with Gasteiger partial charge in [-0.3, -0.25) is 24.0 Å². The molecule has 14 nitrogen and oxygen atoms in total. The monoisotopic (exact) mass is 434 g/mol. The lowest BCUT2D eigenvalue weighted by Crippen LogP contribution is -2.59. The zero-order chi connectivity index (χ0) is 23.6. The molecule has 4 unspecified atom stereocenters. The molecule has 0 spiro atoms. The minimum atomic E-state index is -1.72. The van der Waals surface area contributed by atoms with Crippen molar-refractivity contribution in [3.63, 3.8) is 0 Å². The number of carbonyl (C=O) groups is 6. The molecular weight excluding hydrogens is 408 g/mol. The molecule has 0 bridgehead atoms. The van der Waals surface area contributed by atoms with E-state index in [1.54, 1.807) is 0 Å². The first-order valence-corrected chi connectivity index (χ1v) is 8.74. The van der Waals surface area contributed by atoms with Crippen LogP contribution in [0.3, 0.4) is 0 Å². The zero-order valence-electron chi connectivity index (χ0n) is 16.3. The summed E-state index contributed by atoms with van der Waals surface area (Å²) >= 11 is 0. The van der Waals surface area contributed by atoms with E-state index in [4.69, 9.17) is 26.2 Å². The molecule has 0 saturated carbocycles. The largest absolute Gasteiger partial charge is 0.481 e. The second-order valence-electron chi connectivity index (χ2n) is 6.68. The quantitative estimate of drug-likeness (QED) is 0.141. The Morgan fingerprint density at radius 1 is 0.767 bits per heavy atom. The van der Waals surface area contributed by atoms with E-state index >= 15 is 0 Å². The normalized spacial score (nSPS) is 14.7. The van der Waals surface area contributed by atoms with Gasteiger partial charge in [-0.05, 0) is 5.92 Å². The molecule has 0 heterocycles. The maximum Gasteiger partial charge on any atom is 0.328 e. The number of nitrogens with one attached hydrogen (secondary N) is 3. The topological polar surface area (TPSA) is 245 Å². The van der Waals surface area contributed by atoms with Crippen LogP contribution in [0.4, 0.5) is 0 Å². The lowest BCUT2D eigenvalue weighted by atomic mass is 10.0. The van der Waals surface area contributed by atoms with Gasteiger partial charge in [-0.25, -0.2) is 4.79 Å². The van der Waals surface area contributed by atoms with Crippen molar-refractivity contribution in [2.45, 2.75) is 50.9 Å². The van der Waals surface area contributed by atoms with Gasteiger partial charge in [0.15, 0.2) is 0 Å². The molecule has 0 aliphatic heterocycles. The van der Waals surface area contributed by atoms with E-state index in [2.05, 4.69) is 10.6 Å². The van der Waals surface area contributed by atoms with Crippen LogP contribution in [0, 0.1) is 5.92 Å². The van der Waals surface area contributed by atoms with Crippen molar-refractivity contribution in [1.82, 2.24) is 16.0 Å². The highest BCUT2D eigenvalue weighted by Crippen LogP contribution is 2.05. The second-order valence-corrected chi connectivity index (χ2v) is 6.68. The van der Waals surface area contributed by atoms with E-state index in [1.165, 1.54) is 13.8 Å². The van der Waals surface area contributed by atoms with Gasteiger partial charge >= 0.3 is 17.9 Å². The molecule has 0 aromatic rings. The minimum absolute atomic E-state index is 0.566. The first-order valence-electron chi connectivity index (χ1n) is 8.74. The van der Waals surface area contributed by atoms with Gasteiger partial charge in [-0.1, -0.05) is 13.8 Å². The summed E-state index contributed by atoms with van der Waals surface area (Å²) in [5, 5.41) is 41.7. The molecule has 0 fully saturated rings. The molecule has 9 N–H and O–H groups in total. The van der Waals surface area contributed by atoms with Crippen LogP contribution in [-0.2, 0) is 28.8 Å². The first-order chi connectivity index (χ1) is 13.8. The second kappa shape index (κ2) is 12.3. The lowest BCUT2D eigenvalue weighted by molar-refractivity contribution is -0.144. The number of nitrogens with two attached hydrogens (primary N) is 1. The van der Waals surface area contributed by atoms with Gasteiger partial charge < -0.3 is 42.1 Å². The maximum absolute atomic E-state index is 12.5. The average molecular weight is 434 g/mol. The van der Waals surface area contributed by atoms with Crippen LogP contribution in [-0.4, -0.2) is 86.8 Å². The van der Waals surface area contributed by atoms with Crippen LogP contribution in [0.15, 0.2) is 0 Å². The first kappa shape index (κ1) is 26.7. The Morgan fingerprint density at radius 3 is 1.67 bits per heavy atom. The molecule has 0 rings (SSSR count). The molecule has 0 aliphatic carbocycles. The maximum atomic E-state index is 12.5. The Balaban J connectivity index is 5.37. The molecule has 0 aliphatic rings. The van der Waals surface area contributed by atoms with E-state index in [1.807, 2.05) is 5.32 Å². The van der Waals surface area contributed by atoms with Gasteiger partial charge in [-0.15, -0.1) is 0 Å². The van der Waals surface area contributed by atoms with Crippen molar-refractivity contribution in [1.29, 1.82) is 0 Å². The van der Waals surface area contributed by atoms with Crippen molar-refractivity contribution < 1.29 is 49.2 Å². The molecule has 0 saturated heterocycles. The Morgan fingerprint density at radius 2 is 1.27 bits per heavy atom. The highest BCUT2D eigenvalue weighted by Gasteiger charge is 2.32. The zero-order valence-corrected chi connectivity index (χ0v) is 16.3. The predicted molar refractivity (Wildman–Crippen MR) is 97.8 cm³/mol. The summed E-state index contributed by atoms with van der Waals surface area (Å²) in [4.78, 5) is 69.3. The summed E-state index contributed by atoms with van der Waals surface area (Å²) in [6, 6.07) is -6.18.